The Balaban J connectivity index is 1.21. The Morgan fingerprint density at radius 2 is 1.90 bits per heavy atom. The second-order valence-corrected chi connectivity index (χ2v) is 8.92. The molecule has 2 aromatic carbocycles. The first-order valence-corrected chi connectivity index (χ1v) is 10.1. The average molecular weight is 441 g/mol. The summed E-state index contributed by atoms with van der Waals surface area (Å²) in [6.45, 7) is 2.73. The summed E-state index contributed by atoms with van der Waals surface area (Å²) < 4.78 is 51.9. The average Bonchev–Trinajstić information content (AvgIpc) is 2.60. The molecule has 1 N–H and O–H groups in total. The van der Waals surface area contributed by atoms with Gasteiger partial charge in [0.25, 0.3) is 5.91 Å². The molecule has 3 nitrogen and oxygen atoms in total. The van der Waals surface area contributed by atoms with Gasteiger partial charge in [0, 0.05) is 36.8 Å². The highest BCUT2D eigenvalue weighted by Crippen LogP contribution is 2.52. The minimum atomic E-state index is -4.32. The monoisotopic (exact) mass is 440 g/mol. The lowest BCUT2D eigenvalue weighted by Gasteiger charge is -2.59. The second-order valence-electron chi connectivity index (χ2n) is 8.49. The summed E-state index contributed by atoms with van der Waals surface area (Å²) in [6, 6.07) is 9.20. The maximum Gasteiger partial charge on any atom is 0.416 e. The van der Waals surface area contributed by atoms with Gasteiger partial charge in [-0.25, -0.2) is 4.39 Å². The van der Waals surface area contributed by atoms with Crippen molar-refractivity contribution in [2.24, 2.45) is 11.3 Å². The number of nitrogens with one attached hydrogen (secondary N) is 1. The maximum absolute atomic E-state index is 13.4. The van der Waals surface area contributed by atoms with E-state index in [0.717, 1.165) is 44.1 Å². The number of rotatable bonds is 5. The maximum atomic E-state index is 13.4. The van der Waals surface area contributed by atoms with E-state index in [1.54, 1.807) is 6.07 Å². The Morgan fingerprint density at radius 1 is 1.17 bits per heavy atom. The van der Waals surface area contributed by atoms with Crippen LogP contribution in [0.5, 0.6) is 0 Å². The van der Waals surface area contributed by atoms with Crippen molar-refractivity contribution < 1.29 is 22.4 Å². The number of alkyl halides is 3. The van der Waals surface area contributed by atoms with Crippen molar-refractivity contribution >= 4 is 17.5 Å². The summed E-state index contributed by atoms with van der Waals surface area (Å²) in [5, 5.41) is 3.01. The number of carbonyl (C=O) groups excluding carboxylic acids is 1. The van der Waals surface area contributed by atoms with Gasteiger partial charge in [-0.1, -0.05) is 29.8 Å². The van der Waals surface area contributed by atoms with Crippen LogP contribution in [0.15, 0.2) is 42.5 Å². The van der Waals surface area contributed by atoms with Crippen molar-refractivity contribution in [2.75, 3.05) is 19.6 Å². The van der Waals surface area contributed by atoms with Crippen molar-refractivity contribution in [1.29, 1.82) is 0 Å². The molecule has 1 heterocycles. The quantitative estimate of drug-likeness (QED) is 0.653. The van der Waals surface area contributed by atoms with Gasteiger partial charge in [-0.15, -0.1) is 0 Å². The zero-order valence-corrected chi connectivity index (χ0v) is 16.9. The van der Waals surface area contributed by atoms with E-state index in [0.29, 0.717) is 24.6 Å². The van der Waals surface area contributed by atoms with Crippen LogP contribution in [0.3, 0.4) is 0 Å². The molecule has 2 aromatic rings. The molecule has 1 spiro atoms. The summed E-state index contributed by atoms with van der Waals surface area (Å²) in [5.41, 5.74) is 0.454. The number of carbonyl (C=O) groups is 1. The van der Waals surface area contributed by atoms with Crippen LogP contribution in [0.2, 0.25) is 5.02 Å². The second kappa shape index (κ2) is 7.85. The summed E-state index contributed by atoms with van der Waals surface area (Å²) in [7, 11) is 0. The number of amides is 1. The van der Waals surface area contributed by atoms with Crippen LogP contribution in [0.25, 0.3) is 0 Å². The third-order valence-electron chi connectivity index (χ3n) is 5.90. The number of nitrogens with zero attached hydrogens (tertiary/aromatic N) is 1. The molecule has 2 aliphatic rings. The van der Waals surface area contributed by atoms with Crippen LogP contribution < -0.4 is 5.32 Å². The van der Waals surface area contributed by atoms with Crippen LogP contribution in [-0.4, -0.2) is 30.4 Å². The van der Waals surface area contributed by atoms with E-state index >= 15 is 0 Å². The van der Waals surface area contributed by atoms with E-state index in [-0.39, 0.29) is 21.9 Å². The summed E-state index contributed by atoms with van der Waals surface area (Å²) in [6.07, 6.45) is -2.39. The summed E-state index contributed by atoms with van der Waals surface area (Å²) >= 11 is 5.78. The van der Waals surface area contributed by atoms with Gasteiger partial charge in [-0.3, -0.25) is 9.69 Å². The Bertz CT molecular complexity index is 928. The molecule has 4 rings (SSSR count). The molecule has 160 valence electrons. The smallest absolute Gasteiger partial charge is 0.352 e. The van der Waals surface area contributed by atoms with Crippen LogP contribution in [0.4, 0.5) is 17.6 Å². The van der Waals surface area contributed by atoms with Gasteiger partial charge in [0.05, 0.1) is 5.56 Å². The number of hydrogen-bond acceptors (Lipinski definition) is 2. The SMILES string of the molecule is O=C(NCC1CC2(C1)CN(Cc1cccc(C(F)(F)F)c1)C2)c1cc(F)cc(Cl)c1. The van der Waals surface area contributed by atoms with Crippen LogP contribution in [-0.2, 0) is 12.7 Å². The molecule has 30 heavy (non-hydrogen) atoms. The minimum absolute atomic E-state index is 0.179. The first-order chi connectivity index (χ1) is 14.1. The summed E-state index contributed by atoms with van der Waals surface area (Å²) in [4.78, 5) is 14.3. The van der Waals surface area contributed by atoms with E-state index < -0.39 is 17.6 Å². The van der Waals surface area contributed by atoms with Gasteiger partial charge in [-0.2, -0.15) is 13.2 Å². The standard InChI is InChI=1S/C22H21ClF4N2O/c23-18-5-16(6-19(24)7-18)20(30)28-10-15-8-21(9-15)12-29(13-21)11-14-2-1-3-17(4-14)22(25,26)27/h1-7,15H,8-13H2,(H,28,30). The van der Waals surface area contributed by atoms with E-state index in [9.17, 15) is 22.4 Å². The molecule has 1 saturated heterocycles. The molecule has 0 unspecified atom stereocenters. The van der Waals surface area contributed by atoms with Crippen molar-refractivity contribution in [2.45, 2.75) is 25.6 Å². The van der Waals surface area contributed by atoms with Crippen molar-refractivity contribution in [3.63, 3.8) is 0 Å². The van der Waals surface area contributed by atoms with E-state index in [1.165, 1.54) is 18.2 Å². The molecular weight excluding hydrogens is 420 g/mol. The predicted molar refractivity (Wildman–Crippen MR) is 106 cm³/mol. The van der Waals surface area contributed by atoms with Gasteiger partial charge < -0.3 is 5.32 Å². The molecule has 1 aliphatic carbocycles. The lowest BCUT2D eigenvalue weighted by molar-refractivity contribution is -0.137. The lowest BCUT2D eigenvalue weighted by atomic mass is 9.57. The van der Waals surface area contributed by atoms with E-state index in [2.05, 4.69) is 10.2 Å². The number of likely N-dealkylation sites (tertiary alicyclic amines) is 1. The fourth-order valence-corrected chi connectivity index (χ4v) is 4.93. The van der Waals surface area contributed by atoms with Gasteiger partial charge in [0.15, 0.2) is 0 Å². The molecule has 0 bridgehead atoms. The van der Waals surface area contributed by atoms with Crippen molar-refractivity contribution in [1.82, 2.24) is 10.2 Å². The third kappa shape index (κ3) is 4.62. The van der Waals surface area contributed by atoms with Crippen LogP contribution >= 0.6 is 11.6 Å². The zero-order chi connectivity index (χ0) is 21.5. The van der Waals surface area contributed by atoms with E-state index in [4.69, 9.17) is 11.6 Å². The fraction of sp³-hybridized carbons (Fsp3) is 0.409. The Morgan fingerprint density at radius 3 is 2.57 bits per heavy atom. The molecule has 1 amide bonds. The van der Waals surface area contributed by atoms with Crippen molar-refractivity contribution in [3.8, 4) is 0 Å². The topological polar surface area (TPSA) is 32.3 Å². The Kier molecular flexibility index (Phi) is 5.53. The highest BCUT2D eigenvalue weighted by atomic mass is 35.5. The molecule has 2 fully saturated rings. The van der Waals surface area contributed by atoms with Gasteiger partial charge in [-0.05, 0) is 54.0 Å². The predicted octanol–water partition coefficient (Wildman–Crippen LogP) is 5.14. The first-order valence-electron chi connectivity index (χ1n) is 9.75. The number of halogens is 5. The van der Waals surface area contributed by atoms with Gasteiger partial charge in [0.1, 0.15) is 5.82 Å². The van der Waals surface area contributed by atoms with Crippen LogP contribution in [0, 0.1) is 17.2 Å². The van der Waals surface area contributed by atoms with Gasteiger partial charge in [0.2, 0.25) is 0 Å². The molecule has 8 heteroatoms. The normalized spacial score (nSPS) is 18.7. The highest BCUT2D eigenvalue weighted by molar-refractivity contribution is 6.31. The number of benzene rings is 2. The van der Waals surface area contributed by atoms with E-state index in [1.807, 2.05) is 0 Å². The summed E-state index contributed by atoms with van der Waals surface area (Å²) in [5.74, 6) is -0.545. The molecule has 1 aliphatic heterocycles. The third-order valence-corrected chi connectivity index (χ3v) is 6.12. The highest BCUT2D eigenvalue weighted by Gasteiger charge is 2.51. The van der Waals surface area contributed by atoms with Gasteiger partial charge >= 0.3 is 6.18 Å². The van der Waals surface area contributed by atoms with Crippen LogP contribution in [0.1, 0.15) is 34.3 Å². The Hall–Kier alpha value is -2.12. The minimum Gasteiger partial charge on any atom is -0.352 e. The molecule has 0 radical (unpaired) electrons. The first kappa shape index (κ1) is 21.1. The largest absolute Gasteiger partial charge is 0.416 e. The Labute approximate surface area is 177 Å². The van der Waals surface area contributed by atoms with Crippen molar-refractivity contribution in [3.05, 3.63) is 70.0 Å². The molecule has 1 saturated carbocycles. The molecule has 0 aromatic heterocycles. The zero-order valence-electron chi connectivity index (χ0n) is 16.1. The lowest BCUT2D eigenvalue weighted by Crippen LogP contribution is -2.62. The number of hydrogen-bond donors (Lipinski definition) is 1. The molecule has 0 atom stereocenters. The molecular formula is C22H21ClF4N2O. The fourth-order valence-electron chi connectivity index (χ4n) is 4.71.